The molecule has 30 heavy (non-hydrogen) atoms. The molecular formula is C24H24N2O3S. The predicted octanol–water partition coefficient (Wildman–Crippen LogP) is 4.15. The molecule has 1 heterocycles. The van der Waals surface area contributed by atoms with E-state index in [9.17, 15) is 14.7 Å². The predicted molar refractivity (Wildman–Crippen MR) is 120 cm³/mol. The van der Waals surface area contributed by atoms with Gasteiger partial charge in [0, 0.05) is 29.5 Å². The van der Waals surface area contributed by atoms with Crippen LogP contribution in [0.25, 0.3) is 11.3 Å². The molecular weight excluding hydrogens is 396 g/mol. The maximum absolute atomic E-state index is 11.8. The van der Waals surface area contributed by atoms with Crippen LogP contribution >= 0.6 is 12.6 Å². The third-order valence-corrected chi connectivity index (χ3v) is 5.43. The summed E-state index contributed by atoms with van der Waals surface area (Å²) >= 11 is 4.81. The molecule has 3 rings (SSSR count). The molecule has 0 spiro atoms. The van der Waals surface area contributed by atoms with E-state index in [1.165, 1.54) is 0 Å². The van der Waals surface area contributed by atoms with Gasteiger partial charge in [-0.1, -0.05) is 55.5 Å². The highest BCUT2D eigenvalue weighted by molar-refractivity contribution is 7.80. The standard InChI is InChI=1S/C24H24N2O3S/c1-2-22(27)26-21(24(28)29)15-17-11-12-18(20-10-6-7-13-25-20)23(30)19(17)14-16-8-4-3-5-9-16/h3-13,21,30H,2,14-15H2,1H3,(H,26,27)(H,28,29)/t21-/m0/s1. The van der Waals surface area contributed by atoms with Crippen LogP contribution in [0.1, 0.15) is 30.0 Å². The summed E-state index contributed by atoms with van der Waals surface area (Å²) in [6.45, 7) is 1.70. The first-order chi connectivity index (χ1) is 14.5. The molecule has 0 aliphatic heterocycles. The lowest BCUT2D eigenvalue weighted by Crippen LogP contribution is -2.42. The molecule has 0 radical (unpaired) electrons. The fourth-order valence-corrected chi connectivity index (χ4v) is 3.72. The zero-order valence-corrected chi connectivity index (χ0v) is 17.6. The van der Waals surface area contributed by atoms with Crippen LogP contribution in [0.2, 0.25) is 0 Å². The number of carbonyl (C=O) groups excluding carboxylic acids is 1. The van der Waals surface area contributed by atoms with Crippen molar-refractivity contribution in [2.24, 2.45) is 0 Å². The summed E-state index contributed by atoms with van der Waals surface area (Å²) in [6.07, 6.45) is 2.74. The van der Waals surface area contributed by atoms with Gasteiger partial charge in [-0.05, 0) is 35.2 Å². The fraction of sp³-hybridized carbons (Fsp3) is 0.208. The van der Waals surface area contributed by atoms with E-state index < -0.39 is 12.0 Å². The molecule has 154 valence electrons. The Hall–Kier alpha value is -3.12. The minimum absolute atomic E-state index is 0.180. The van der Waals surface area contributed by atoms with Crippen LogP contribution < -0.4 is 5.32 Å². The number of carbonyl (C=O) groups is 2. The summed E-state index contributed by atoms with van der Waals surface area (Å²) in [6, 6.07) is 18.5. The SMILES string of the molecule is CCC(=O)N[C@@H](Cc1ccc(-c2ccccn2)c(S)c1Cc1ccccc1)C(=O)O. The van der Waals surface area contributed by atoms with Gasteiger partial charge >= 0.3 is 5.97 Å². The Labute approximate surface area is 181 Å². The van der Waals surface area contributed by atoms with Crippen LogP contribution in [-0.2, 0) is 22.4 Å². The molecule has 0 aliphatic carbocycles. The highest BCUT2D eigenvalue weighted by Gasteiger charge is 2.23. The van der Waals surface area contributed by atoms with Crippen molar-refractivity contribution < 1.29 is 14.7 Å². The zero-order valence-electron chi connectivity index (χ0n) is 16.7. The molecule has 3 aromatic rings. The number of nitrogens with one attached hydrogen (secondary N) is 1. The first-order valence-electron chi connectivity index (χ1n) is 9.80. The van der Waals surface area contributed by atoms with E-state index in [0.29, 0.717) is 6.42 Å². The van der Waals surface area contributed by atoms with Gasteiger partial charge in [-0.3, -0.25) is 9.78 Å². The van der Waals surface area contributed by atoms with E-state index in [1.807, 2.05) is 60.7 Å². The Kier molecular flexibility index (Phi) is 7.25. The van der Waals surface area contributed by atoms with Gasteiger partial charge in [-0.15, -0.1) is 12.6 Å². The number of aromatic nitrogens is 1. The Morgan fingerprint density at radius 1 is 1.07 bits per heavy atom. The zero-order chi connectivity index (χ0) is 21.5. The molecule has 0 saturated carbocycles. The van der Waals surface area contributed by atoms with Crippen LogP contribution in [0.3, 0.4) is 0 Å². The second-order valence-corrected chi connectivity index (χ2v) is 7.44. The molecule has 2 aromatic carbocycles. The number of rotatable bonds is 8. The van der Waals surface area contributed by atoms with E-state index in [1.54, 1.807) is 13.1 Å². The van der Waals surface area contributed by atoms with E-state index in [-0.39, 0.29) is 18.7 Å². The number of thiol groups is 1. The number of nitrogens with zero attached hydrogens (tertiary/aromatic N) is 1. The molecule has 0 fully saturated rings. The minimum Gasteiger partial charge on any atom is -0.480 e. The quantitative estimate of drug-likeness (QED) is 0.478. The number of hydrogen-bond donors (Lipinski definition) is 3. The summed E-state index contributed by atoms with van der Waals surface area (Å²) in [5.74, 6) is -1.35. The minimum atomic E-state index is -1.06. The second-order valence-electron chi connectivity index (χ2n) is 6.99. The largest absolute Gasteiger partial charge is 0.480 e. The number of benzene rings is 2. The topological polar surface area (TPSA) is 79.3 Å². The molecule has 0 bridgehead atoms. The second kappa shape index (κ2) is 10.1. The average molecular weight is 421 g/mol. The van der Waals surface area contributed by atoms with Crippen molar-refractivity contribution >= 4 is 24.5 Å². The molecule has 1 aromatic heterocycles. The molecule has 0 unspecified atom stereocenters. The molecule has 0 aliphatic rings. The van der Waals surface area contributed by atoms with E-state index in [0.717, 1.165) is 32.8 Å². The van der Waals surface area contributed by atoms with Gasteiger partial charge in [0.25, 0.3) is 0 Å². The summed E-state index contributed by atoms with van der Waals surface area (Å²) in [5.41, 5.74) is 4.56. The van der Waals surface area contributed by atoms with Gasteiger partial charge in [0.05, 0.1) is 5.69 Å². The molecule has 1 atom stereocenters. The van der Waals surface area contributed by atoms with Crippen molar-refractivity contribution in [1.29, 1.82) is 0 Å². The van der Waals surface area contributed by atoms with E-state index in [2.05, 4.69) is 10.3 Å². The van der Waals surface area contributed by atoms with Crippen LogP contribution in [0, 0.1) is 0 Å². The summed E-state index contributed by atoms with van der Waals surface area (Å²) in [5, 5.41) is 12.2. The lowest BCUT2D eigenvalue weighted by Gasteiger charge is -2.20. The number of amides is 1. The number of pyridine rings is 1. The highest BCUT2D eigenvalue weighted by Crippen LogP contribution is 2.32. The Morgan fingerprint density at radius 2 is 1.80 bits per heavy atom. The smallest absolute Gasteiger partial charge is 0.326 e. The van der Waals surface area contributed by atoms with Crippen molar-refractivity contribution in [3.63, 3.8) is 0 Å². The lowest BCUT2D eigenvalue weighted by molar-refractivity contribution is -0.141. The average Bonchev–Trinajstić information content (AvgIpc) is 2.76. The molecule has 5 nitrogen and oxygen atoms in total. The monoisotopic (exact) mass is 420 g/mol. The maximum atomic E-state index is 11.8. The third-order valence-electron chi connectivity index (χ3n) is 4.92. The number of aliphatic carboxylic acids is 1. The summed E-state index contributed by atoms with van der Waals surface area (Å²) in [4.78, 5) is 28.7. The number of hydrogen-bond acceptors (Lipinski definition) is 4. The lowest BCUT2D eigenvalue weighted by atomic mass is 9.92. The first-order valence-corrected chi connectivity index (χ1v) is 10.3. The van der Waals surface area contributed by atoms with Crippen LogP contribution in [-0.4, -0.2) is 28.0 Å². The van der Waals surface area contributed by atoms with E-state index in [4.69, 9.17) is 12.6 Å². The van der Waals surface area contributed by atoms with Crippen LogP contribution in [0.5, 0.6) is 0 Å². The molecule has 0 saturated heterocycles. The van der Waals surface area contributed by atoms with Crippen molar-refractivity contribution in [1.82, 2.24) is 10.3 Å². The van der Waals surface area contributed by atoms with Gasteiger partial charge in [0.1, 0.15) is 6.04 Å². The normalized spacial score (nSPS) is 11.7. The van der Waals surface area contributed by atoms with Crippen LogP contribution in [0.4, 0.5) is 0 Å². The first kappa shape index (κ1) is 21.6. The molecule has 2 N–H and O–H groups in total. The maximum Gasteiger partial charge on any atom is 0.326 e. The number of carboxylic acid groups (broad SMARTS) is 1. The Morgan fingerprint density at radius 3 is 2.43 bits per heavy atom. The molecule has 1 amide bonds. The van der Waals surface area contributed by atoms with Crippen molar-refractivity contribution in [3.8, 4) is 11.3 Å². The molecule has 6 heteroatoms. The van der Waals surface area contributed by atoms with Gasteiger partial charge in [-0.25, -0.2) is 4.79 Å². The van der Waals surface area contributed by atoms with Crippen molar-refractivity contribution in [2.75, 3.05) is 0 Å². The summed E-state index contributed by atoms with van der Waals surface area (Å²) < 4.78 is 0. The number of carboxylic acids is 1. The Balaban J connectivity index is 2.04. The Bertz CT molecular complexity index is 1020. The van der Waals surface area contributed by atoms with Gasteiger partial charge in [0.2, 0.25) is 5.91 Å². The third kappa shape index (κ3) is 5.27. The van der Waals surface area contributed by atoms with Crippen molar-refractivity contribution in [3.05, 3.63) is 83.6 Å². The van der Waals surface area contributed by atoms with Crippen LogP contribution in [0.15, 0.2) is 71.8 Å². The highest BCUT2D eigenvalue weighted by atomic mass is 32.1. The van der Waals surface area contributed by atoms with E-state index >= 15 is 0 Å². The van der Waals surface area contributed by atoms with Gasteiger partial charge < -0.3 is 10.4 Å². The van der Waals surface area contributed by atoms with Crippen molar-refractivity contribution in [2.45, 2.75) is 37.1 Å². The van der Waals surface area contributed by atoms with Gasteiger partial charge in [0.15, 0.2) is 0 Å². The summed E-state index contributed by atoms with van der Waals surface area (Å²) in [7, 11) is 0. The van der Waals surface area contributed by atoms with Gasteiger partial charge in [-0.2, -0.15) is 0 Å². The fourth-order valence-electron chi connectivity index (χ4n) is 3.31.